The number of alkyl halides is 1. The molecule has 0 aromatic heterocycles. The molecule has 3 aliphatic heterocycles. The lowest BCUT2D eigenvalue weighted by molar-refractivity contribution is -0.145. The largest absolute Gasteiger partial charge is 0.396 e. The van der Waals surface area contributed by atoms with Gasteiger partial charge in [0.05, 0.1) is 16.6 Å². The normalized spacial score (nSPS) is 33.5. The number of likely N-dealkylation sites (N-methyl/N-ethyl adjacent to an activating group) is 1. The fraction of sp³-hybridized carbons (Fsp3) is 0.741. The Bertz CT molecular complexity index is 881. The van der Waals surface area contributed by atoms with Crippen LogP contribution < -0.4 is 0 Å². The number of nitrogens with zero attached hydrogens (tertiary/aromatic N) is 3. The molecule has 36 heavy (non-hydrogen) atoms. The monoisotopic (exact) mass is 581 g/mol. The van der Waals surface area contributed by atoms with Crippen molar-refractivity contribution in [3.8, 4) is 0 Å². The smallest absolute Gasteiger partial charge is 0.247 e. The molecule has 2 bridgehead atoms. The maximum absolute atomic E-state index is 14.5. The molecule has 3 amide bonds. The van der Waals surface area contributed by atoms with Gasteiger partial charge in [-0.2, -0.15) is 0 Å². The Labute approximate surface area is 227 Å². The third-order valence-corrected chi connectivity index (χ3v) is 11.7. The second kappa shape index (κ2) is 11.6. The van der Waals surface area contributed by atoms with Crippen molar-refractivity contribution in [3.05, 3.63) is 25.3 Å². The lowest BCUT2D eigenvalue weighted by Gasteiger charge is -2.41. The van der Waals surface area contributed by atoms with Crippen LogP contribution in [0.15, 0.2) is 25.3 Å². The van der Waals surface area contributed by atoms with E-state index in [1.807, 2.05) is 4.90 Å². The second-order valence-corrected chi connectivity index (χ2v) is 13.4. The number of rotatable bonds is 11. The Morgan fingerprint density at radius 1 is 1.17 bits per heavy atom. The molecule has 9 heteroatoms. The minimum atomic E-state index is -0.629. The van der Waals surface area contributed by atoms with E-state index in [4.69, 9.17) is 0 Å². The molecule has 6 atom stereocenters. The number of unbranched alkanes of at least 4 members (excludes halogenated alkanes) is 1. The molecule has 4 rings (SSSR count). The van der Waals surface area contributed by atoms with Gasteiger partial charge in [-0.15, -0.1) is 24.9 Å². The fourth-order valence-corrected chi connectivity index (χ4v) is 10.6. The average Bonchev–Trinajstić information content (AvgIpc) is 3.46. The van der Waals surface area contributed by atoms with Crippen LogP contribution in [0.25, 0.3) is 0 Å². The van der Waals surface area contributed by atoms with Crippen molar-refractivity contribution < 1.29 is 19.5 Å². The van der Waals surface area contributed by atoms with Crippen LogP contribution in [0, 0.1) is 11.8 Å². The highest BCUT2D eigenvalue weighted by atomic mass is 79.9. The molecule has 3 saturated heterocycles. The Morgan fingerprint density at radius 3 is 2.50 bits per heavy atom. The summed E-state index contributed by atoms with van der Waals surface area (Å²) in [5.74, 6) is -1.10. The van der Waals surface area contributed by atoms with Gasteiger partial charge in [-0.1, -0.05) is 47.3 Å². The molecular weight excluding hydrogens is 542 g/mol. The summed E-state index contributed by atoms with van der Waals surface area (Å²) in [6.45, 7) is 9.04. The first-order chi connectivity index (χ1) is 17.3. The van der Waals surface area contributed by atoms with Crippen LogP contribution in [0.2, 0.25) is 0 Å². The third kappa shape index (κ3) is 4.68. The lowest BCUT2D eigenvalue weighted by Crippen LogP contribution is -2.57. The Hall–Kier alpha value is -1.32. The number of likely N-dealkylation sites (tertiary alicyclic amines) is 1. The number of amides is 3. The molecule has 0 radical (unpaired) electrons. The maximum atomic E-state index is 14.5. The topological polar surface area (TPSA) is 81.2 Å². The highest BCUT2D eigenvalue weighted by Crippen LogP contribution is 2.68. The van der Waals surface area contributed by atoms with Crippen LogP contribution in [-0.4, -0.2) is 97.7 Å². The van der Waals surface area contributed by atoms with Crippen molar-refractivity contribution >= 4 is 45.4 Å². The van der Waals surface area contributed by atoms with Gasteiger partial charge in [-0.05, 0) is 32.1 Å². The first kappa shape index (κ1) is 27.7. The molecule has 200 valence electrons. The summed E-state index contributed by atoms with van der Waals surface area (Å²) < 4.78 is -0.629. The van der Waals surface area contributed by atoms with Gasteiger partial charge < -0.3 is 19.8 Å². The molecule has 7 nitrogen and oxygen atoms in total. The summed E-state index contributed by atoms with van der Waals surface area (Å²) in [5.41, 5.74) is 0. The summed E-state index contributed by atoms with van der Waals surface area (Å²) >= 11 is 5.52. The van der Waals surface area contributed by atoms with Crippen LogP contribution in [0.1, 0.15) is 51.4 Å². The molecule has 4 aliphatic rings. The van der Waals surface area contributed by atoms with Gasteiger partial charge in [-0.3, -0.25) is 14.4 Å². The number of thioether (sulfide) groups is 1. The molecule has 0 aromatic rings. The summed E-state index contributed by atoms with van der Waals surface area (Å²) in [7, 11) is 1.76. The standard InChI is InChI=1S/C27H40BrN3O4S/c1-4-13-29(3)24(33)20-21-25(34)31(15-9-10-16-32)23(27(21)17-19(28)22(20)36-27)26(35)30(14-5-2)18-11-7-6-8-12-18/h4-5,18-23,32H,1-2,6-17H2,3H3/t19?,20-,21-,22-,23?,27?/m0/s1. The summed E-state index contributed by atoms with van der Waals surface area (Å²) in [4.78, 5) is 47.6. The Morgan fingerprint density at radius 2 is 1.86 bits per heavy atom. The summed E-state index contributed by atoms with van der Waals surface area (Å²) in [6.07, 6.45) is 10.7. The number of carbonyl (C=O) groups excluding carboxylic acids is 3. The van der Waals surface area contributed by atoms with Crippen LogP contribution in [-0.2, 0) is 14.4 Å². The number of carbonyl (C=O) groups is 3. The van der Waals surface area contributed by atoms with Crippen molar-refractivity contribution in [3.63, 3.8) is 0 Å². The van der Waals surface area contributed by atoms with Crippen molar-refractivity contribution in [1.29, 1.82) is 0 Å². The molecule has 4 fully saturated rings. The van der Waals surface area contributed by atoms with Gasteiger partial charge in [0.1, 0.15) is 6.04 Å². The lowest BCUT2D eigenvalue weighted by atomic mass is 9.70. The average molecular weight is 583 g/mol. The predicted octanol–water partition coefficient (Wildman–Crippen LogP) is 3.22. The van der Waals surface area contributed by atoms with Gasteiger partial charge in [0.15, 0.2) is 0 Å². The van der Waals surface area contributed by atoms with E-state index in [0.29, 0.717) is 38.9 Å². The zero-order valence-electron chi connectivity index (χ0n) is 21.3. The summed E-state index contributed by atoms with van der Waals surface area (Å²) in [5, 5.41) is 9.33. The Kier molecular flexibility index (Phi) is 8.93. The second-order valence-electron chi connectivity index (χ2n) is 10.7. The highest BCUT2D eigenvalue weighted by Gasteiger charge is 2.76. The van der Waals surface area contributed by atoms with Crippen LogP contribution in [0.3, 0.4) is 0 Å². The van der Waals surface area contributed by atoms with E-state index < -0.39 is 22.6 Å². The van der Waals surface area contributed by atoms with Gasteiger partial charge in [0.25, 0.3) is 0 Å². The third-order valence-electron chi connectivity index (χ3n) is 8.52. The number of aliphatic hydroxyl groups is 1. The van der Waals surface area contributed by atoms with E-state index in [2.05, 4.69) is 29.1 Å². The van der Waals surface area contributed by atoms with E-state index in [0.717, 1.165) is 25.7 Å². The molecule has 1 spiro atoms. The van der Waals surface area contributed by atoms with Crippen molar-refractivity contribution in [2.75, 3.05) is 33.3 Å². The first-order valence-electron chi connectivity index (χ1n) is 13.3. The van der Waals surface area contributed by atoms with Crippen molar-refractivity contribution in [2.24, 2.45) is 11.8 Å². The first-order valence-corrected chi connectivity index (χ1v) is 15.1. The van der Waals surface area contributed by atoms with E-state index in [-0.39, 0.29) is 40.4 Å². The van der Waals surface area contributed by atoms with E-state index in [1.54, 1.807) is 40.8 Å². The van der Waals surface area contributed by atoms with E-state index >= 15 is 0 Å². The van der Waals surface area contributed by atoms with Gasteiger partial charge in [0.2, 0.25) is 17.7 Å². The molecule has 0 aromatic carbocycles. The van der Waals surface area contributed by atoms with Crippen molar-refractivity contribution in [1.82, 2.24) is 14.7 Å². The zero-order chi connectivity index (χ0) is 26.0. The van der Waals surface area contributed by atoms with Crippen LogP contribution in [0.4, 0.5) is 0 Å². The van der Waals surface area contributed by atoms with E-state index in [9.17, 15) is 19.5 Å². The molecule has 1 N–H and O–H groups in total. The minimum absolute atomic E-state index is 0.00189. The molecule has 3 heterocycles. The number of fused-ring (bicyclic) bond motifs is 1. The van der Waals surface area contributed by atoms with E-state index in [1.165, 1.54) is 6.42 Å². The molecule has 1 saturated carbocycles. The van der Waals surface area contributed by atoms with Crippen LogP contribution in [0.5, 0.6) is 0 Å². The van der Waals surface area contributed by atoms with Crippen molar-refractivity contribution in [2.45, 2.75) is 78.3 Å². The zero-order valence-corrected chi connectivity index (χ0v) is 23.7. The number of halogens is 1. The molecule has 1 aliphatic carbocycles. The highest BCUT2D eigenvalue weighted by molar-refractivity contribution is 9.09. The minimum Gasteiger partial charge on any atom is -0.396 e. The van der Waals surface area contributed by atoms with Crippen LogP contribution >= 0.6 is 27.7 Å². The quantitative estimate of drug-likeness (QED) is 0.230. The maximum Gasteiger partial charge on any atom is 0.247 e. The fourth-order valence-electron chi connectivity index (χ4n) is 6.97. The molecular formula is C27H40BrN3O4S. The molecule has 3 unspecified atom stereocenters. The van der Waals surface area contributed by atoms with Gasteiger partial charge >= 0.3 is 0 Å². The van der Waals surface area contributed by atoms with Gasteiger partial charge in [0, 0.05) is 49.4 Å². The van der Waals surface area contributed by atoms with Gasteiger partial charge in [-0.25, -0.2) is 0 Å². The number of hydrogen-bond acceptors (Lipinski definition) is 5. The SMILES string of the molecule is C=CCN(C)C(=O)[C@H]1[C@H]2C(=O)N(CCCCO)C(C(=O)N(CC=C)C3CCCCC3)C23CC(Br)[C@@H]1S3. The number of hydrogen-bond donors (Lipinski definition) is 1. The Balaban J connectivity index is 1.73. The number of aliphatic hydroxyl groups excluding tert-OH is 1. The summed E-state index contributed by atoms with van der Waals surface area (Å²) in [6, 6.07) is -0.443. The predicted molar refractivity (Wildman–Crippen MR) is 147 cm³/mol.